The zero-order valence-corrected chi connectivity index (χ0v) is 6.03. The van der Waals surface area contributed by atoms with Gasteiger partial charge in [-0.15, -0.1) is 0 Å². The Balaban J connectivity index is 2.67. The molecule has 0 radical (unpaired) electrons. The highest BCUT2D eigenvalue weighted by Crippen LogP contribution is 2.04. The van der Waals surface area contributed by atoms with Crippen molar-refractivity contribution in [2.75, 3.05) is 0 Å². The summed E-state index contributed by atoms with van der Waals surface area (Å²) in [5, 5.41) is 0. The Bertz CT molecular complexity index is 212. The molecule has 1 amide bonds. The molecule has 0 heterocycles. The molecule has 1 rings (SSSR count). The van der Waals surface area contributed by atoms with Gasteiger partial charge in [-0.05, 0) is 0 Å². The van der Waals surface area contributed by atoms with E-state index in [-0.39, 0.29) is 11.8 Å². The molecule has 3 nitrogen and oxygen atoms in total. The van der Waals surface area contributed by atoms with Crippen LogP contribution in [0.25, 0.3) is 0 Å². The van der Waals surface area contributed by atoms with E-state index in [1.54, 1.807) is 12.2 Å². The van der Waals surface area contributed by atoms with Gasteiger partial charge in [-0.3, -0.25) is 10.2 Å². The van der Waals surface area contributed by atoms with Crippen molar-refractivity contribution in [2.24, 2.45) is 11.8 Å². The quantitative estimate of drug-likeness (QED) is 0.320. The summed E-state index contributed by atoms with van der Waals surface area (Å²) in [6.45, 7) is 0. The van der Waals surface area contributed by atoms with Gasteiger partial charge >= 0.3 is 0 Å². The minimum absolute atomic E-state index is 0.193. The van der Waals surface area contributed by atoms with Gasteiger partial charge in [-0.2, -0.15) is 0 Å². The van der Waals surface area contributed by atoms with E-state index in [0.717, 1.165) is 0 Å². The molecule has 3 N–H and O–H groups in total. The normalized spacial score (nSPS) is 16.5. The molecule has 11 heavy (non-hydrogen) atoms. The lowest BCUT2D eigenvalue weighted by molar-refractivity contribution is -0.122. The zero-order valence-electron chi connectivity index (χ0n) is 6.03. The highest BCUT2D eigenvalue weighted by Gasteiger charge is 2.09. The van der Waals surface area contributed by atoms with Crippen molar-refractivity contribution in [1.82, 2.24) is 5.43 Å². The van der Waals surface area contributed by atoms with Crippen LogP contribution in [0.15, 0.2) is 36.5 Å². The molecule has 0 bridgehead atoms. The Morgan fingerprint density at radius 2 is 1.73 bits per heavy atom. The van der Waals surface area contributed by atoms with Gasteiger partial charge in [-0.25, -0.2) is 5.84 Å². The highest BCUT2D eigenvalue weighted by molar-refractivity contribution is 5.81. The summed E-state index contributed by atoms with van der Waals surface area (Å²) >= 11 is 0. The largest absolute Gasteiger partial charge is 0.293 e. The van der Waals surface area contributed by atoms with Crippen molar-refractivity contribution >= 4 is 5.91 Å². The highest BCUT2D eigenvalue weighted by atomic mass is 16.2. The van der Waals surface area contributed by atoms with Gasteiger partial charge in [0.2, 0.25) is 5.91 Å². The number of nitrogens with one attached hydrogen (secondary N) is 1. The number of carbonyl (C=O) groups is 1. The first-order chi connectivity index (χ1) is 5.34. The summed E-state index contributed by atoms with van der Waals surface area (Å²) in [4.78, 5) is 11.0. The molecule has 0 aliphatic heterocycles. The number of allylic oxidation sites excluding steroid dienone is 4. The van der Waals surface area contributed by atoms with E-state index in [1.807, 2.05) is 24.3 Å². The van der Waals surface area contributed by atoms with Crippen LogP contribution in [-0.4, -0.2) is 5.91 Å². The maximum atomic E-state index is 11.0. The van der Waals surface area contributed by atoms with E-state index in [9.17, 15) is 4.79 Å². The molecule has 0 atom stereocenters. The number of nitrogens with two attached hydrogens (primary N) is 1. The Morgan fingerprint density at radius 1 is 1.18 bits per heavy atom. The molecule has 3 heteroatoms. The fraction of sp³-hybridized carbons (Fsp3) is 0.125. The van der Waals surface area contributed by atoms with E-state index in [4.69, 9.17) is 5.84 Å². The van der Waals surface area contributed by atoms with Gasteiger partial charge < -0.3 is 0 Å². The molecule has 0 aromatic rings. The Kier molecular flexibility index (Phi) is 2.63. The van der Waals surface area contributed by atoms with Gasteiger partial charge in [-0.1, -0.05) is 36.5 Å². The Hall–Kier alpha value is -1.35. The molecule has 0 fully saturated rings. The molecule has 1 aliphatic rings. The predicted molar refractivity (Wildman–Crippen MR) is 43.2 cm³/mol. The Morgan fingerprint density at radius 3 is 2.18 bits per heavy atom. The fourth-order valence-corrected chi connectivity index (χ4v) is 0.831. The monoisotopic (exact) mass is 150 g/mol. The molecular formula is C8H10N2O. The van der Waals surface area contributed by atoms with Crippen LogP contribution in [0.1, 0.15) is 0 Å². The second-order valence-corrected chi connectivity index (χ2v) is 2.19. The van der Waals surface area contributed by atoms with Crippen molar-refractivity contribution in [1.29, 1.82) is 0 Å². The third-order valence-corrected chi connectivity index (χ3v) is 1.42. The van der Waals surface area contributed by atoms with Crippen molar-refractivity contribution < 1.29 is 4.79 Å². The van der Waals surface area contributed by atoms with Crippen LogP contribution in [0.3, 0.4) is 0 Å². The average molecular weight is 150 g/mol. The average Bonchev–Trinajstić information content (AvgIpc) is 2.30. The van der Waals surface area contributed by atoms with Gasteiger partial charge in [0.15, 0.2) is 0 Å². The van der Waals surface area contributed by atoms with E-state index < -0.39 is 0 Å². The summed E-state index contributed by atoms with van der Waals surface area (Å²) in [5.41, 5.74) is 2.09. The van der Waals surface area contributed by atoms with Crippen LogP contribution in [-0.2, 0) is 4.79 Å². The maximum Gasteiger partial charge on any atom is 0.244 e. The fourth-order valence-electron chi connectivity index (χ4n) is 0.831. The SMILES string of the molecule is NNC(=O)C1C=CC=CC=C1. The van der Waals surface area contributed by atoms with Crippen LogP contribution >= 0.6 is 0 Å². The van der Waals surface area contributed by atoms with E-state index in [1.165, 1.54) is 0 Å². The first kappa shape index (κ1) is 7.75. The van der Waals surface area contributed by atoms with E-state index >= 15 is 0 Å². The lowest BCUT2D eigenvalue weighted by Gasteiger charge is -2.02. The number of rotatable bonds is 1. The van der Waals surface area contributed by atoms with Crippen LogP contribution in [0.5, 0.6) is 0 Å². The lowest BCUT2D eigenvalue weighted by Crippen LogP contribution is -2.34. The summed E-state index contributed by atoms with van der Waals surface area (Å²) in [6, 6.07) is 0. The van der Waals surface area contributed by atoms with Crippen molar-refractivity contribution in [3.8, 4) is 0 Å². The third-order valence-electron chi connectivity index (χ3n) is 1.42. The Labute approximate surface area is 65.2 Å². The van der Waals surface area contributed by atoms with E-state index in [2.05, 4.69) is 5.43 Å². The van der Waals surface area contributed by atoms with Crippen LogP contribution in [0.2, 0.25) is 0 Å². The number of amides is 1. The molecule has 0 aromatic heterocycles. The van der Waals surface area contributed by atoms with Crippen molar-refractivity contribution in [3.63, 3.8) is 0 Å². The molecule has 0 spiro atoms. The van der Waals surface area contributed by atoms with Crippen molar-refractivity contribution in [2.45, 2.75) is 0 Å². The summed E-state index contributed by atoms with van der Waals surface area (Å²) in [5.74, 6) is 4.53. The molecule has 0 saturated carbocycles. The second kappa shape index (κ2) is 3.73. The minimum Gasteiger partial charge on any atom is -0.293 e. The number of hydrazine groups is 1. The predicted octanol–water partition coefficient (Wildman–Crippen LogP) is 0.275. The topological polar surface area (TPSA) is 55.1 Å². The van der Waals surface area contributed by atoms with E-state index in [0.29, 0.717) is 0 Å². The smallest absolute Gasteiger partial charge is 0.244 e. The molecule has 0 unspecified atom stereocenters. The summed E-state index contributed by atoms with van der Waals surface area (Å²) < 4.78 is 0. The third kappa shape index (κ3) is 2.05. The molecular weight excluding hydrogens is 140 g/mol. The maximum absolute atomic E-state index is 11.0. The number of carbonyl (C=O) groups excluding carboxylic acids is 1. The molecule has 58 valence electrons. The van der Waals surface area contributed by atoms with Gasteiger partial charge in [0.05, 0.1) is 5.92 Å². The summed E-state index contributed by atoms with van der Waals surface area (Å²) in [7, 11) is 0. The first-order valence-electron chi connectivity index (χ1n) is 3.36. The lowest BCUT2D eigenvalue weighted by atomic mass is 10.1. The first-order valence-corrected chi connectivity index (χ1v) is 3.36. The standard InChI is InChI=1S/C8H10N2O/c9-10-8(11)7-5-3-1-2-4-6-7/h1-7H,9H2,(H,10,11). The number of hydrogen-bond acceptors (Lipinski definition) is 2. The molecule has 0 aromatic carbocycles. The van der Waals surface area contributed by atoms with Gasteiger partial charge in [0.1, 0.15) is 0 Å². The van der Waals surface area contributed by atoms with Crippen LogP contribution in [0.4, 0.5) is 0 Å². The second-order valence-electron chi connectivity index (χ2n) is 2.19. The minimum atomic E-state index is -0.241. The summed E-state index contributed by atoms with van der Waals surface area (Å²) in [6.07, 6.45) is 10.9. The zero-order chi connectivity index (χ0) is 8.10. The van der Waals surface area contributed by atoms with Crippen molar-refractivity contribution in [3.05, 3.63) is 36.5 Å². The number of hydrogen-bond donors (Lipinski definition) is 2. The van der Waals surface area contributed by atoms with Gasteiger partial charge in [0.25, 0.3) is 0 Å². The van der Waals surface area contributed by atoms with Crippen LogP contribution in [0, 0.1) is 5.92 Å². The van der Waals surface area contributed by atoms with Crippen LogP contribution < -0.4 is 11.3 Å². The molecule has 1 aliphatic carbocycles. The van der Waals surface area contributed by atoms with Gasteiger partial charge in [0, 0.05) is 0 Å². The molecule has 0 saturated heterocycles.